The summed E-state index contributed by atoms with van der Waals surface area (Å²) in [6.07, 6.45) is 4.29. The summed E-state index contributed by atoms with van der Waals surface area (Å²) >= 11 is 0. The summed E-state index contributed by atoms with van der Waals surface area (Å²) in [6.45, 7) is 2.29. The van der Waals surface area contributed by atoms with E-state index in [2.05, 4.69) is 6.92 Å². The average molecular weight is 293 g/mol. The van der Waals surface area contributed by atoms with Gasteiger partial charge >= 0.3 is 0 Å². The van der Waals surface area contributed by atoms with Gasteiger partial charge in [0.25, 0.3) is 0 Å². The molecule has 4 heteroatoms. The molecule has 0 aliphatic heterocycles. The lowest BCUT2D eigenvalue weighted by Crippen LogP contribution is -2.45. The first-order valence-electron chi connectivity index (χ1n) is 7.58. The van der Waals surface area contributed by atoms with Gasteiger partial charge in [-0.3, -0.25) is 0 Å². The molecule has 4 nitrogen and oxygen atoms in total. The van der Waals surface area contributed by atoms with Crippen molar-refractivity contribution < 1.29 is 14.2 Å². The first-order valence-corrected chi connectivity index (χ1v) is 7.58. The molecule has 118 valence electrons. The van der Waals surface area contributed by atoms with Crippen LogP contribution in [0.25, 0.3) is 0 Å². The summed E-state index contributed by atoms with van der Waals surface area (Å²) in [5.74, 6) is 2.27. The second kappa shape index (κ2) is 6.67. The molecule has 1 aromatic carbocycles. The van der Waals surface area contributed by atoms with Crippen molar-refractivity contribution in [2.75, 3.05) is 21.3 Å². The lowest BCUT2D eigenvalue weighted by atomic mass is 9.73. The van der Waals surface area contributed by atoms with Crippen LogP contribution in [-0.2, 0) is 4.74 Å². The van der Waals surface area contributed by atoms with Gasteiger partial charge in [-0.15, -0.1) is 0 Å². The summed E-state index contributed by atoms with van der Waals surface area (Å²) < 4.78 is 16.6. The molecule has 0 bridgehead atoms. The van der Waals surface area contributed by atoms with Gasteiger partial charge in [0.2, 0.25) is 0 Å². The van der Waals surface area contributed by atoms with Gasteiger partial charge in [0.15, 0.2) is 0 Å². The lowest BCUT2D eigenvalue weighted by Gasteiger charge is -2.42. The van der Waals surface area contributed by atoms with Crippen molar-refractivity contribution in [3.63, 3.8) is 0 Å². The highest BCUT2D eigenvalue weighted by molar-refractivity contribution is 5.40. The van der Waals surface area contributed by atoms with Crippen molar-refractivity contribution in [1.29, 1.82) is 0 Å². The highest BCUT2D eigenvalue weighted by atomic mass is 16.5. The Morgan fingerprint density at radius 2 is 1.57 bits per heavy atom. The SMILES string of the molecule is COc1cc(OC)cc(C(N)C2(OC)CCC(C)CC2)c1. The Morgan fingerprint density at radius 1 is 1.05 bits per heavy atom. The Balaban J connectivity index is 2.30. The van der Waals surface area contributed by atoms with Gasteiger partial charge in [-0.05, 0) is 49.3 Å². The average Bonchev–Trinajstić information content (AvgIpc) is 2.54. The molecule has 1 unspecified atom stereocenters. The highest BCUT2D eigenvalue weighted by Gasteiger charge is 2.40. The summed E-state index contributed by atoms with van der Waals surface area (Å²) in [4.78, 5) is 0. The predicted molar refractivity (Wildman–Crippen MR) is 83.8 cm³/mol. The van der Waals surface area contributed by atoms with E-state index < -0.39 is 0 Å². The second-order valence-corrected chi connectivity index (χ2v) is 6.08. The van der Waals surface area contributed by atoms with Crippen molar-refractivity contribution in [3.8, 4) is 11.5 Å². The minimum absolute atomic E-state index is 0.181. The smallest absolute Gasteiger partial charge is 0.122 e. The minimum atomic E-state index is -0.288. The van der Waals surface area contributed by atoms with Crippen molar-refractivity contribution in [2.24, 2.45) is 11.7 Å². The van der Waals surface area contributed by atoms with Gasteiger partial charge < -0.3 is 19.9 Å². The molecule has 1 aromatic rings. The highest BCUT2D eigenvalue weighted by Crippen LogP contribution is 2.42. The standard InChI is InChI=1S/C17H27NO3/c1-12-5-7-17(21-4,8-6-12)16(18)13-9-14(19-2)11-15(10-13)20-3/h9-12,16H,5-8,18H2,1-4H3. The molecule has 0 amide bonds. The normalized spacial score (nSPS) is 27.2. The summed E-state index contributed by atoms with van der Waals surface area (Å²) in [5, 5.41) is 0. The van der Waals surface area contributed by atoms with Crippen LogP contribution in [0.3, 0.4) is 0 Å². The van der Waals surface area contributed by atoms with Crippen LogP contribution in [0, 0.1) is 5.92 Å². The number of benzene rings is 1. The number of hydrogen-bond acceptors (Lipinski definition) is 4. The quantitative estimate of drug-likeness (QED) is 0.905. The first kappa shape index (κ1) is 16.1. The van der Waals surface area contributed by atoms with E-state index in [1.165, 1.54) is 0 Å². The van der Waals surface area contributed by atoms with Crippen molar-refractivity contribution >= 4 is 0 Å². The maximum absolute atomic E-state index is 6.57. The first-order chi connectivity index (χ1) is 10.0. The fraction of sp³-hybridized carbons (Fsp3) is 0.647. The van der Waals surface area contributed by atoms with Crippen LogP contribution in [0.4, 0.5) is 0 Å². The second-order valence-electron chi connectivity index (χ2n) is 6.08. The van der Waals surface area contributed by atoms with Gasteiger partial charge in [-0.2, -0.15) is 0 Å². The van der Waals surface area contributed by atoms with Crippen LogP contribution in [-0.4, -0.2) is 26.9 Å². The zero-order valence-corrected chi connectivity index (χ0v) is 13.5. The summed E-state index contributed by atoms with van der Waals surface area (Å²) in [5.41, 5.74) is 7.29. The summed E-state index contributed by atoms with van der Waals surface area (Å²) in [6, 6.07) is 5.63. The zero-order valence-electron chi connectivity index (χ0n) is 13.5. The topological polar surface area (TPSA) is 53.7 Å². The molecule has 1 atom stereocenters. The van der Waals surface area contributed by atoms with Crippen molar-refractivity contribution in [2.45, 2.75) is 44.2 Å². The molecule has 2 N–H and O–H groups in total. The van der Waals surface area contributed by atoms with Crippen molar-refractivity contribution in [3.05, 3.63) is 23.8 Å². The molecule has 2 rings (SSSR count). The molecular weight excluding hydrogens is 266 g/mol. The number of nitrogens with two attached hydrogens (primary N) is 1. The molecule has 21 heavy (non-hydrogen) atoms. The van der Waals surface area contributed by atoms with E-state index >= 15 is 0 Å². The number of rotatable bonds is 5. The molecule has 1 aliphatic carbocycles. The Morgan fingerprint density at radius 3 is 2.00 bits per heavy atom. The van der Waals surface area contributed by atoms with E-state index in [0.29, 0.717) is 0 Å². The van der Waals surface area contributed by atoms with Gasteiger partial charge in [0.05, 0.1) is 25.9 Å². The zero-order chi connectivity index (χ0) is 15.5. The van der Waals surface area contributed by atoms with Crippen LogP contribution >= 0.6 is 0 Å². The Labute approximate surface area is 127 Å². The van der Waals surface area contributed by atoms with Gasteiger partial charge in [0, 0.05) is 13.2 Å². The van der Waals surface area contributed by atoms with Crippen LogP contribution in [0.5, 0.6) is 11.5 Å². The predicted octanol–water partition coefficient (Wildman–Crippen LogP) is 3.30. The number of hydrogen-bond donors (Lipinski definition) is 1. The number of ether oxygens (including phenoxy) is 3. The molecular formula is C17H27NO3. The molecule has 0 aromatic heterocycles. The Hall–Kier alpha value is -1.26. The van der Waals surface area contributed by atoms with Crippen LogP contribution in [0.2, 0.25) is 0 Å². The van der Waals surface area contributed by atoms with Gasteiger partial charge in [-0.1, -0.05) is 6.92 Å². The fourth-order valence-electron chi connectivity index (χ4n) is 3.21. The van der Waals surface area contributed by atoms with E-state index in [-0.39, 0.29) is 11.6 Å². The van der Waals surface area contributed by atoms with Crippen LogP contribution in [0.1, 0.15) is 44.2 Å². The number of methoxy groups -OCH3 is 3. The van der Waals surface area contributed by atoms with Gasteiger partial charge in [-0.25, -0.2) is 0 Å². The van der Waals surface area contributed by atoms with Crippen LogP contribution < -0.4 is 15.2 Å². The largest absolute Gasteiger partial charge is 0.497 e. The Bertz CT molecular complexity index is 445. The third-order valence-corrected chi connectivity index (χ3v) is 4.83. The van der Waals surface area contributed by atoms with E-state index in [4.69, 9.17) is 19.9 Å². The Kier molecular flexibility index (Phi) is 5.12. The third-order valence-electron chi connectivity index (χ3n) is 4.83. The van der Waals surface area contributed by atoms with Crippen LogP contribution in [0.15, 0.2) is 18.2 Å². The molecule has 0 spiro atoms. The lowest BCUT2D eigenvalue weighted by molar-refractivity contribution is -0.0672. The molecule has 0 heterocycles. The van der Waals surface area contributed by atoms with E-state index in [0.717, 1.165) is 48.7 Å². The van der Waals surface area contributed by atoms with E-state index in [1.54, 1.807) is 21.3 Å². The van der Waals surface area contributed by atoms with Gasteiger partial charge in [0.1, 0.15) is 11.5 Å². The molecule has 1 saturated carbocycles. The third kappa shape index (κ3) is 3.33. The molecule has 1 fully saturated rings. The maximum Gasteiger partial charge on any atom is 0.122 e. The van der Waals surface area contributed by atoms with Crippen molar-refractivity contribution in [1.82, 2.24) is 0 Å². The summed E-state index contributed by atoms with van der Waals surface area (Å²) in [7, 11) is 5.07. The minimum Gasteiger partial charge on any atom is -0.497 e. The van der Waals surface area contributed by atoms with E-state index in [9.17, 15) is 0 Å². The molecule has 0 saturated heterocycles. The monoisotopic (exact) mass is 293 g/mol. The van der Waals surface area contributed by atoms with E-state index in [1.807, 2.05) is 18.2 Å². The molecule has 1 aliphatic rings. The fourth-order valence-corrected chi connectivity index (χ4v) is 3.21. The molecule has 0 radical (unpaired) electrons. The maximum atomic E-state index is 6.57.